The van der Waals surface area contributed by atoms with Gasteiger partial charge in [-0.2, -0.15) is 0 Å². The Morgan fingerprint density at radius 3 is 2.62 bits per heavy atom. The molecule has 0 radical (unpaired) electrons. The number of aromatic hydroxyl groups is 1. The van der Waals surface area contributed by atoms with Gasteiger partial charge in [-0.25, -0.2) is 4.79 Å². The predicted octanol–water partition coefficient (Wildman–Crippen LogP) is 0.726. The van der Waals surface area contributed by atoms with Crippen LogP contribution in [0.1, 0.15) is 33.8 Å². The minimum Gasteiger partial charge on any atom is -0.506 e. The van der Waals surface area contributed by atoms with Crippen molar-refractivity contribution in [2.45, 2.75) is 12.3 Å². The van der Waals surface area contributed by atoms with Gasteiger partial charge in [0.15, 0.2) is 0 Å². The molecule has 2 aromatic heterocycles. The van der Waals surface area contributed by atoms with Crippen LogP contribution in [0.15, 0.2) is 46.1 Å². The van der Waals surface area contributed by atoms with Crippen LogP contribution in [0, 0.1) is 0 Å². The van der Waals surface area contributed by atoms with Crippen molar-refractivity contribution in [3.8, 4) is 5.75 Å². The number of amides is 1. The Morgan fingerprint density at radius 2 is 1.97 bits per heavy atom. The summed E-state index contributed by atoms with van der Waals surface area (Å²) in [4.78, 5) is 51.5. The van der Waals surface area contributed by atoms with Crippen LogP contribution in [-0.2, 0) is 16.6 Å². The van der Waals surface area contributed by atoms with Gasteiger partial charge < -0.3 is 25.1 Å². The number of methoxy groups -OCH3 is 1. The average molecular weight is 397 g/mol. The smallest absolute Gasteiger partial charge is 0.343 e. The van der Waals surface area contributed by atoms with Gasteiger partial charge in [-0.05, 0) is 17.5 Å². The molecule has 0 aliphatic carbocycles. The molecule has 3 aromatic rings. The summed E-state index contributed by atoms with van der Waals surface area (Å²) in [5.41, 5.74) is 4.29. The van der Waals surface area contributed by atoms with Gasteiger partial charge in [-0.1, -0.05) is 18.2 Å². The lowest BCUT2D eigenvalue weighted by molar-refractivity contribution is -0.118. The maximum atomic E-state index is 13.0. The fourth-order valence-electron chi connectivity index (χ4n) is 3.39. The van der Waals surface area contributed by atoms with Crippen molar-refractivity contribution in [2.75, 3.05) is 7.11 Å². The van der Waals surface area contributed by atoms with Gasteiger partial charge in [0.25, 0.3) is 11.1 Å². The molecule has 1 amide bonds. The van der Waals surface area contributed by atoms with Gasteiger partial charge in [0.2, 0.25) is 5.91 Å². The van der Waals surface area contributed by atoms with E-state index in [9.17, 15) is 24.3 Å². The summed E-state index contributed by atoms with van der Waals surface area (Å²) in [7, 11) is 2.68. The van der Waals surface area contributed by atoms with Crippen LogP contribution < -0.4 is 16.9 Å². The summed E-state index contributed by atoms with van der Waals surface area (Å²) < 4.78 is 5.98. The Labute approximate surface area is 164 Å². The van der Waals surface area contributed by atoms with Crippen LogP contribution >= 0.6 is 0 Å². The van der Waals surface area contributed by atoms with Crippen molar-refractivity contribution in [1.29, 1.82) is 0 Å². The molecule has 1 atom stereocenters. The molecule has 0 aliphatic rings. The first-order valence-electron chi connectivity index (χ1n) is 8.66. The van der Waals surface area contributed by atoms with Crippen molar-refractivity contribution in [3.63, 3.8) is 0 Å². The zero-order valence-electron chi connectivity index (χ0n) is 15.8. The maximum Gasteiger partial charge on any atom is 0.343 e. The van der Waals surface area contributed by atoms with E-state index in [4.69, 9.17) is 5.73 Å². The molecular weight excluding hydrogens is 378 g/mol. The van der Waals surface area contributed by atoms with Crippen molar-refractivity contribution in [3.05, 3.63) is 73.9 Å². The van der Waals surface area contributed by atoms with Crippen LogP contribution in [0.3, 0.4) is 0 Å². The Kier molecular flexibility index (Phi) is 5.22. The molecule has 0 spiro atoms. The van der Waals surface area contributed by atoms with Crippen LogP contribution in [0.5, 0.6) is 5.75 Å². The lowest BCUT2D eigenvalue weighted by atomic mass is 9.87. The van der Waals surface area contributed by atoms with Crippen LogP contribution in [-0.4, -0.2) is 33.6 Å². The van der Waals surface area contributed by atoms with E-state index in [1.807, 2.05) is 0 Å². The Hall–Kier alpha value is -3.88. The SMILES string of the molecule is COC(=O)c1c[nH]c(=O)c(C(CC(N)=O)c2cc3ccccc3n(C)c2=O)c1O. The number of nitrogens with one attached hydrogen (secondary N) is 1. The molecule has 1 unspecified atom stereocenters. The zero-order chi connectivity index (χ0) is 21.3. The molecular formula is C20H19N3O6. The Morgan fingerprint density at radius 1 is 1.28 bits per heavy atom. The number of carbonyl (C=O) groups is 2. The number of nitrogens with zero attached hydrogens (tertiary/aromatic N) is 1. The monoisotopic (exact) mass is 397 g/mol. The molecule has 1 aromatic carbocycles. The van der Waals surface area contributed by atoms with E-state index in [2.05, 4.69) is 9.72 Å². The van der Waals surface area contributed by atoms with Crippen molar-refractivity contribution < 1.29 is 19.4 Å². The third-order valence-corrected chi connectivity index (χ3v) is 4.80. The fraction of sp³-hybridized carbons (Fsp3) is 0.200. The molecule has 0 bridgehead atoms. The summed E-state index contributed by atoms with van der Waals surface area (Å²) in [6.07, 6.45) is 0.585. The van der Waals surface area contributed by atoms with Crippen LogP contribution in [0.2, 0.25) is 0 Å². The van der Waals surface area contributed by atoms with E-state index in [0.29, 0.717) is 10.9 Å². The van der Waals surface area contributed by atoms with E-state index in [0.717, 1.165) is 13.3 Å². The number of hydrogen-bond acceptors (Lipinski definition) is 6. The summed E-state index contributed by atoms with van der Waals surface area (Å²) in [5, 5.41) is 11.3. The number of fused-ring (bicyclic) bond motifs is 1. The number of benzene rings is 1. The summed E-state index contributed by atoms with van der Waals surface area (Å²) in [6.45, 7) is 0. The highest BCUT2D eigenvalue weighted by atomic mass is 16.5. The topological polar surface area (TPSA) is 144 Å². The number of aryl methyl sites for hydroxylation is 1. The highest BCUT2D eigenvalue weighted by Gasteiger charge is 2.29. The van der Waals surface area contributed by atoms with E-state index in [1.54, 1.807) is 37.4 Å². The van der Waals surface area contributed by atoms with Gasteiger partial charge in [-0.15, -0.1) is 0 Å². The second-order valence-electron chi connectivity index (χ2n) is 6.53. The van der Waals surface area contributed by atoms with E-state index >= 15 is 0 Å². The quantitative estimate of drug-likeness (QED) is 0.541. The number of rotatable bonds is 5. The molecule has 150 valence electrons. The zero-order valence-corrected chi connectivity index (χ0v) is 15.8. The molecule has 4 N–H and O–H groups in total. The summed E-state index contributed by atoms with van der Waals surface area (Å²) in [6, 6.07) is 8.63. The number of primary amides is 1. The molecule has 9 nitrogen and oxygen atoms in total. The number of aromatic nitrogens is 2. The standard InChI is InChI=1S/C20H19N3O6/c1-23-14-6-4-3-5-10(14)7-12(19(23)27)11(8-15(21)24)16-17(25)13(20(28)29-2)9-22-18(16)26/h3-7,9,11H,8H2,1-2H3,(H2,21,24)(H2,22,25,26). The minimum atomic E-state index is -1.16. The normalized spacial score (nSPS) is 11.9. The minimum absolute atomic E-state index is 0.0906. The third-order valence-electron chi connectivity index (χ3n) is 4.80. The van der Waals surface area contributed by atoms with Crippen molar-refractivity contribution in [2.24, 2.45) is 12.8 Å². The fourth-order valence-corrected chi connectivity index (χ4v) is 3.39. The highest BCUT2D eigenvalue weighted by molar-refractivity contribution is 5.92. The first-order valence-corrected chi connectivity index (χ1v) is 8.66. The number of nitrogens with two attached hydrogens (primary N) is 1. The van der Waals surface area contributed by atoms with Gasteiger partial charge >= 0.3 is 5.97 Å². The second-order valence-corrected chi connectivity index (χ2v) is 6.53. The van der Waals surface area contributed by atoms with Gasteiger partial charge in [0.1, 0.15) is 11.3 Å². The Balaban J connectivity index is 2.35. The predicted molar refractivity (Wildman–Crippen MR) is 105 cm³/mol. The number of H-pyrrole nitrogens is 1. The molecule has 3 rings (SSSR count). The van der Waals surface area contributed by atoms with Gasteiger partial charge in [0, 0.05) is 31.1 Å². The third kappa shape index (κ3) is 3.49. The number of carbonyl (C=O) groups excluding carboxylic acids is 2. The number of para-hydroxylation sites is 1. The van der Waals surface area contributed by atoms with E-state index in [-0.39, 0.29) is 16.7 Å². The molecule has 0 saturated carbocycles. The molecule has 9 heteroatoms. The lowest BCUT2D eigenvalue weighted by Crippen LogP contribution is -2.30. The van der Waals surface area contributed by atoms with Crippen LogP contribution in [0.25, 0.3) is 10.9 Å². The second kappa shape index (κ2) is 7.63. The van der Waals surface area contributed by atoms with Gasteiger partial charge in [0.05, 0.1) is 18.2 Å². The Bertz CT molecular complexity index is 1240. The molecule has 0 fully saturated rings. The molecule has 2 heterocycles. The molecule has 0 aliphatic heterocycles. The maximum absolute atomic E-state index is 13.0. The van der Waals surface area contributed by atoms with Gasteiger partial charge in [-0.3, -0.25) is 14.4 Å². The average Bonchev–Trinajstić information content (AvgIpc) is 2.69. The first kappa shape index (κ1) is 19.9. The van der Waals surface area contributed by atoms with Crippen LogP contribution in [0.4, 0.5) is 0 Å². The molecule has 29 heavy (non-hydrogen) atoms. The lowest BCUT2D eigenvalue weighted by Gasteiger charge is -2.19. The number of pyridine rings is 2. The number of ether oxygens (including phenoxy) is 1. The summed E-state index contributed by atoms with van der Waals surface area (Å²) in [5.74, 6) is -3.50. The number of aromatic amines is 1. The van der Waals surface area contributed by atoms with Crippen molar-refractivity contribution in [1.82, 2.24) is 9.55 Å². The number of esters is 1. The molecule has 0 saturated heterocycles. The number of hydrogen-bond donors (Lipinski definition) is 3. The highest BCUT2D eigenvalue weighted by Crippen LogP contribution is 2.33. The largest absolute Gasteiger partial charge is 0.506 e. The first-order chi connectivity index (χ1) is 13.8. The van der Waals surface area contributed by atoms with E-state index < -0.39 is 41.1 Å². The van der Waals surface area contributed by atoms with Crippen molar-refractivity contribution >= 4 is 22.8 Å². The summed E-state index contributed by atoms with van der Waals surface area (Å²) >= 11 is 0. The van der Waals surface area contributed by atoms with E-state index in [1.165, 1.54) is 4.57 Å².